The monoisotopic (exact) mass is 217 g/mol. The molecule has 1 N–H and O–H groups in total. The third-order valence-corrected chi connectivity index (χ3v) is 4.09. The Bertz CT molecular complexity index is 218. The molecule has 0 aliphatic carbocycles. The van der Waals surface area contributed by atoms with Crippen molar-refractivity contribution >= 4 is 17.7 Å². The van der Waals surface area contributed by atoms with Crippen molar-refractivity contribution < 1.29 is 9.53 Å². The van der Waals surface area contributed by atoms with Crippen molar-refractivity contribution in [2.45, 2.75) is 32.4 Å². The molecule has 4 heteroatoms. The smallest absolute Gasteiger partial charge is 0.251 e. The largest absolute Gasteiger partial charge is 0.369 e. The van der Waals surface area contributed by atoms with Gasteiger partial charge in [-0.05, 0) is 25.5 Å². The van der Waals surface area contributed by atoms with Gasteiger partial charge in [-0.25, -0.2) is 0 Å². The van der Waals surface area contributed by atoms with Crippen molar-refractivity contribution in [3.8, 4) is 0 Å². The lowest BCUT2D eigenvalue weighted by atomic mass is 10.0. The van der Waals surface area contributed by atoms with E-state index in [1.54, 1.807) is 21.0 Å². The summed E-state index contributed by atoms with van der Waals surface area (Å²) in [5.74, 6) is 2.71. The van der Waals surface area contributed by atoms with Crippen molar-refractivity contribution in [2.75, 3.05) is 18.6 Å². The lowest BCUT2D eigenvalue weighted by Gasteiger charge is -2.25. The van der Waals surface area contributed by atoms with E-state index in [-0.39, 0.29) is 5.91 Å². The van der Waals surface area contributed by atoms with Crippen LogP contribution in [-0.2, 0) is 9.53 Å². The zero-order valence-corrected chi connectivity index (χ0v) is 10.1. The summed E-state index contributed by atoms with van der Waals surface area (Å²) in [6, 6.07) is 0.307. The fourth-order valence-electron chi connectivity index (χ4n) is 1.28. The molecule has 0 bridgehead atoms. The summed E-state index contributed by atoms with van der Waals surface area (Å²) >= 11 is 1.89. The molecule has 1 rings (SSSR count). The Morgan fingerprint density at radius 2 is 2.14 bits per heavy atom. The van der Waals surface area contributed by atoms with Crippen molar-refractivity contribution in [1.29, 1.82) is 0 Å². The number of ether oxygens (including phenoxy) is 1. The quantitative estimate of drug-likeness (QED) is 0.774. The summed E-state index contributed by atoms with van der Waals surface area (Å²) in [6.07, 6.45) is 0. The second-order valence-corrected chi connectivity index (χ2v) is 5.38. The molecule has 0 spiro atoms. The fraction of sp³-hybridized carbons (Fsp3) is 0.900. The van der Waals surface area contributed by atoms with Crippen LogP contribution in [0.1, 0.15) is 20.8 Å². The average molecular weight is 217 g/mol. The summed E-state index contributed by atoms with van der Waals surface area (Å²) in [4.78, 5) is 11.8. The number of carbonyl (C=O) groups is 1. The summed E-state index contributed by atoms with van der Waals surface area (Å²) in [7, 11) is 1.56. The van der Waals surface area contributed by atoms with Crippen LogP contribution in [0.5, 0.6) is 0 Å². The van der Waals surface area contributed by atoms with Gasteiger partial charge in [-0.1, -0.05) is 6.92 Å². The number of hydrogen-bond acceptors (Lipinski definition) is 3. The van der Waals surface area contributed by atoms with E-state index in [1.165, 1.54) is 0 Å². The fourth-order valence-corrected chi connectivity index (χ4v) is 2.69. The molecule has 2 atom stereocenters. The molecular formula is C10H19NO2S. The first kappa shape index (κ1) is 11.9. The zero-order valence-electron chi connectivity index (χ0n) is 9.29. The Kier molecular flexibility index (Phi) is 3.84. The topological polar surface area (TPSA) is 38.3 Å². The highest BCUT2D eigenvalue weighted by Crippen LogP contribution is 2.24. The van der Waals surface area contributed by atoms with Crippen LogP contribution in [0.3, 0.4) is 0 Å². The molecule has 1 heterocycles. The molecule has 2 unspecified atom stereocenters. The Morgan fingerprint density at radius 1 is 1.50 bits per heavy atom. The minimum Gasteiger partial charge on any atom is -0.369 e. The maximum Gasteiger partial charge on any atom is 0.251 e. The molecule has 0 aromatic heterocycles. The van der Waals surface area contributed by atoms with Crippen molar-refractivity contribution in [3.05, 3.63) is 0 Å². The van der Waals surface area contributed by atoms with Crippen molar-refractivity contribution in [1.82, 2.24) is 5.32 Å². The third-order valence-electron chi connectivity index (χ3n) is 2.74. The number of amides is 1. The maximum absolute atomic E-state index is 11.8. The zero-order chi connectivity index (χ0) is 10.8. The Morgan fingerprint density at radius 3 is 2.57 bits per heavy atom. The van der Waals surface area contributed by atoms with Crippen LogP contribution in [0, 0.1) is 5.92 Å². The lowest BCUT2D eigenvalue weighted by molar-refractivity contribution is -0.140. The second kappa shape index (κ2) is 4.53. The van der Waals surface area contributed by atoms with Crippen molar-refractivity contribution in [3.63, 3.8) is 0 Å². The Labute approximate surface area is 90.0 Å². The third kappa shape index (κ3) is 2.64. The Hall–Kier alpha value is -0.220. The first-order chi connectivity index (χ1) is 6.47. The van der Waals surface area contributed by atoms with Gasteiger partial charge in [0.15, 0.2) is 0 Å². The van der Waals surface area contributed by atoms with Crippen molar-refractivity contribution in [2.24, 2.45) is 5.92 Å². The minimum atomic E-state index is -0.715. The van der Waals surface area contributed by atoms with Gasteiger partial charge in [0.25, 0.3) is 5.91 Å². The molecule has 0 aromatic rings. The van der Waals surface area contributed by atoms with E-state index in [9.17, 15) is 4.79 Å². The van der Waals surface area contributed by atoms with Crippen LogP contribution in [0.2, 0.25) is 0 Å². The van der Waals surface area contributed by atoms with Gasteiger partial charge < -0.3 is 10.1 Å². The van der Waals surface area contributed by atoms with Gasteiger partial charge in [-0.2, -0.15) is 11.8 Å². The highest BCUT2D eigenvalue weighted by atomic mass is 32.2. The van der Waals surface area contributed by atoms with Gasteiger partial charge in [0.2, 0.25) is 0 Å². The molecule has 1 amide bonds. The van der Waals surface area contributed by atoms with Gasteiger partial charge in [0, 0.05) is 18.9 Å². The average Bonchev–Trinajstić information content (AvgIpc) is 2.52. The van der Waals surface area contributed by atoms with Gasteiger partial charge in [0.05, 0.1) is 0 Å². The van der Waals surface area contributed by atoms with E-state index in [2.05, 4.69) is 12.2 Å². The molecule has 0 aromatic carbocycles. The first-order valence-corrected chi connectivity index (χ1v) is 6.06. The SMILES string of the molecule is COC(C)(C)C(=O)NC1CSCC1C. The predicted molar refractivity (Wildman–Crippen MR) is 59.5 cm³/mol. The highest BCUT2D eigenvalue weighted by Gasteiger charge is 2.32. The molecule has 14 heavy (non-hydrogen) atoms. The molecule has 0 saturated carbocycles. The predicted octanol–water partition coefficient (Wildman–Crippen LogP) is 1.28. The van der Waals surface area contributed by atoms with Crippen LogP contribution < -0.4 is 5.32 Å². The van der Waals surface area contributed by atoms with Gasteiger partial charge in [-0.3, -0.25) is 4.79 Å². The lowest BCUT2D eigenvalue weighted by Crippen LogP contribution is -2.49. The van der Waals surface area contributed by atoms with E-state index >= 15 is 0 Å². The molecule has 1 aliphatic rings. The minimum absolute atomic E-state index is 0.0145. The maximum atomic E-state index is 11.8. The van der Waals surface area contributed by atoms with Gasteiger partial charge >= 0.3 is 0 Å². The summed E-state index contributed by atoms with van der Waals surface area (Å²) in [5, 5.41) is 3.04. The molecule has 82 valence electrons. The number of methoxy groups -OCH3 is 1. The summed E-state index contributed by atoms with van der Waals surface area (Å²) in [5.41, 5.74) is -0.715. The van der Waals surface area contributed by atoms with Crippen LogP contribution in [0.25, 0.3) is 0 Å². The molecular weight excluding hydrogens is 198 g/mol. The number of carbonyl (C=O) groups excluding carboxylic acids is 1. The van der Waals surface area contributed by atoms with Crippen LogP contribution in [-0.4, -0.2) is 36.2 Å². The van der Waals surface area contributed by atoms with E-state index < -0.39 is 5.60 Å². The number of nitrogens with one attached hydrogen (secondary N) is 1. The molecule has 3 nitrogen and oxygen atoms in total. The van der Waals surface area contributed by atoms with E-state index in [0.717, 1.165) is 11.5 Å². The number of rotatable bonds is 3. The normalized spacial score (nSPS) is 27.7. The number of thioether (sulfide) groups is 1. The van der Waals surface area contributed by atoms with Crippen LogP contribution in [0.15, 0.2) is 0 Å². The standard InChI is InChI=1S/C10H19NO2S/c1-7-5-14-6-8(7)11-9(12)10(2,3)13-4/h7-8H,5-6H2,1-4H3,(H,11,12). The van der Waals surface area contributed by atoms with E-state index in [1.807, 2.05) is 11.8 Å². The van der Waals surface area contributed by atoms with Gasteiger partial charge in [-0.15, -0.1) is 0 Å². The molecule has 0 radical (unpaired) electrons. The first-order valence-electron chi connectivity index (χ1n) is 4.91. The van der Waals surface area contributed by atoms with Crippen LogP contribution in [0.4, 0.5) is 0 Å². The Balaban J connectivity index is 2.48. The van der Waals surface area contributed by atoms with E-state index in [0.29, 0.717) is 12.0 Å². The van der Waals surface area contributed by atoms with E-state index in [4.69, 9.17) is 4.74 Å². The van der Waals surface area contributed by atoms with Gasteiger partial charge in [0.1, 0.15) is 5.60 Å². The molecule has 1 saturated heterocycles. The van der Waals surface area contributed by atoms with Crippen LogP contribution >= 0.6 is 11.8 Å². The number of hydrogen-bond donors (Lipinski definition) is 1. The highest BCUT2D eigenvalue weighted by molar-refractivity contribution is 7.99. The molecule has 1 fully saturated rings. The summed E-state index contributed by atoms with van der Waals surface area (Å²) < 4.78 is 5.13. The second-order valence-electron chi connectivity index (χ2n) is 4.31. The summed E-state index contributed by atoms with van der Waals surface area (Å²) in [6.45, 7) is 5.74. The molecule has 1 aliphatic heterocycles.